The molecule has 1 aliphatic rings. The average molecular weight is 380 g/mol. The lowest BCUT2D eigenvalue weighted by Gasteiger charge is -2.33. The van der Waals surface area contributed by atoms with Crippen molar-refractivity contribution in [3.63, 3.8) is 0 Å². The van der Waals surface area contributed by atoms with Crippen molar-refractivity contribution in [1.82, 2.24) is 9.80 Å². The van der Waals surface area contributed by atoms with Crippen molar-refractivity contribution >= 4 is 29.3 Å². The maximum Gasteiger partial charge on any atom is 0.409 e. The molecule has 1 N–H and O–H groups in total. The van der Waals surface area contributed by atoms with Crippen LogP contribution in [0.2, 0.25) is 0 Å². The van der Waals surface area contributed by atoms with Crippen molar-refractivity contribution in [2.45, 2.75) is 6.92 Å². The quantitative estimate of drug-likeness (QED) is 0.465. The van der Waals surface area contributed by atoms with Crippen LogP contribution < -0.4 is 10.1 Å². The first-order chi connectivity index (χ1) is 12.9. The molecule has 0 aliphatic carbocycles. The maximum atomic E-state index is 12.3. The van der Waals surface area contributed by atoms with Crippen LogP contribution >= 0.6 is 0 Å². The molecule has 0 saturated carbocycles. The zero-order valence-electron chi connectivity index (χ0n) is 15.0. The van der Waals surface area contributed by atoms with Crippen molar-refractivity contribution in [1.29, 1.82) is 0 Å². The van der Waals surface area contributed by atoms with E-state index in [1.54, 1.807) is 6.92 Å². The van der Waals surface area contributed by atoms with E-state index in [-0.39, 0.29) is 49.9 Å². The van der Waals surface area contributed by atoms with E-state index < -0.39 is 22.8 Å². The fraction of sp³-hybridized carbons (Fsp3) is 0.438. The molecule has 0 spiro atoms. The van der Waals surface area contributed by atoms with Crippen molar-refractivity contribution in [3.05, 3.63) is 28.3 Å². The van der Waals surface area contributed by atoms with Gasteiger partial charge in [0.15, 0.2) is 0 Å². The number of anilines is 1. The van der Waals surface area contributed by atoms with Gasteiger partial charge in [-0.1, -0.05) is 0 Å². The van der Waals surface area contributed by atoms with Crippen LogP contribution in [0.25, 0.3) is 0 Å². The molecular formula is C16H20N4O7. The van der Waals surface area contributed by atoms with Gasteiger partial charge >= 0.3 is 17.9 Å². The molecule has 1 saturated heterocycles. The second-order valence-electron chi connectivity index (χ2n) is 5.57. The Morgan fingerprint density at radius 2 is 1.81 bits per heavy atom. The molecule has 0 aromatic heterocycles. The number of benzene rings is 1. The summed E-state index contributed by atoms with van der Waals surface area (Å²) in [7, 11) is 1.30. The molecule has 27 heavy (non-hydrogen) atoms. The number of hydrogen-bond acceptors (Lipinski definition) is 7. The number of amides is 3. The van der Waals surface area contributed by atoms with Gasteiger partial charge in [-0.25, -0.2) is 4.79 Å². The second kappa shape index (κ2) is 8.83. The van der Waals surface area contributed by atoms with Crippen LogP contribution in [0.15, 0.2) is 18.2 Å². The second-order valence-corrected chi connectivity index (χ2v) is 5.57. The Kier molecular flexibility index (Phi) is 6.52. The molecule has 1 aromatic rings. The summed E-state index contributed by atoms with van der Waals surface area (Å²) in [5.41, 5.74) is -0.0575. The highest BCUT2D eigenvalue weighted by atomic mass is 16.6. The number of ether oxygens (including phenoxy) is 2. The van der Waals surface area contributed by atoms with E-state index in [0.29, 0.717) is 0 Å². The molecule has 1 aromatic carbocycles. The van der Waals surface area contributed by atoms with Crippen LogP contribution in [-0.4, -0.2) is 72.5 Å². The number of nitrogens with zero attached hydrogens (tertiary/aromatic N) is 3. The largest absolute Gasteiger partial charge is 0.494 e. The number of carbonyl (C=O) groups excluding carboxylic acids is 3. The molecule has 11 heteroatoms. The summed E-state index contributed by atoms with van der Waals surface area (Å²) >= 11 is 0. The lowest BCUT2D eigenvalue weighted by Crippen LogP contribution is -2.53. The molecule has 0 unspecified atom stereocenters. The van der Waals surface area contributed by atoms with Crippen molar-refractivity contribution < 1.29 is 28.8 Å². The zero-order valence-corrected chi connectivity index (χ0v) is 15.0. The van der Waals surface area contributed by atoms with Gasteiger partial charge in [0.05, 0.1) is 30.4 Å². The lowest BCUT2D eigenvalue weighted by molar-refractivity contribution is -0.384. The third-order valence-corrected chi connectivity index (χ3v) is 3.93. The average Bonchev–Trinajstić information content (AvgIpc) is 2.67. The summed E-state index contributed by atoms with van der Waals surface area (Å²) in [6.07, 6.45) is -0.454. The standard InChI is InChI=1S/C16H20N4O7/c1-3-27-16(23)19-8-6-18(7-9-19)15(22)14(21)17-12-5-4-11(20(24)25)10-13(12)26-2/h4-5,10H,3,6-9H2,1-2H3,(H,17,21). The summed E-state index contributed by atoms with van der Waals surface area (Å²) < 4.78 is 9.92. The maximum absolute atomic E-state index is 12.3. The molecular weight excluding hydrogens is 360 g/mol. The molecule has 0 atom stereocenters. The van der Waals surface area contributed by atoms with E-state index in [9.17, 15) is 24.5 Å². The monoisotopic (exact) mass is 380 g/mol. The lowest BCUT2D eigenvalue weighted by atomic mass is 10.2. The van der Waals surface area contributed by atoms with E-state index in [4.69, 9.17) is 9.47 Å². The van der Waals surface area contributed by atoms with E-state index in [0.717, 1.165) is 6.07 Å². The van der Waals surface area contributed by atoms with Crippen molar-refractivity contribution in [3.8, 4) is 5.75 Å². The number of non-ortho nitro benzene ring substituents is 1. The van der Waals surface area contributed by atoms with Crippen LogP contribution in [0.1, 0.15) is 6.92 Å². The SMILES string of the molecule is CCOC(=O)N1CCN(C(=O)C(=O)Nc2ccc([N+](=O)[O-])cc2OC)CC1. The molecule has 1 fully saturated rings. The number of carbonyl (C=O) groups is 3. The van der Waals surface area contributed by atoms with Crippen LogP contribution in [-0.2, 0) is 14.3 Å². The van der Waals surface area contributed by atoms with Crippen LogP contribution in [0.5, 0.6) is 5.75 Å². The summed E-state index contributed by atoms with van der Waals surface area (Å²) in [6.45, 7) is 2.88. The highest BCUT2D eigenvalue weighted by molar-refractivity contribution is 6.39. The highest BCUT2D eigenvalue weighted by Crippen LogP contribution is 2.29. The van der Waals surface area contributed by atoms with Crippen LogP contribution in [0, 0.1) is 10.1 Å². The number of nitro benzene ring substituents is 1. The summed E-state index contributed by atoms with van der Waals surface area (Å²) in [5.74, 6) is -1.59. The van der Waals surface area contributed by atoms with Crippen LogP contribution in [0.4, 0.5) is 16.2 Å². The first-order valence-corrected chi connectivity index (χ1v) is 8.21. The normalized spacial score (nSPS) is 13.7. The minimum Gasteiger partial charge on any atom is -0.494 e. The molecule has 2 rings (SSSR count). The van der Waals surface area contributed by atoms with Gasteiger partial charge < -0.3 is 24.6 Å². The number of piperazine rings is 1. The zero-order chi connectivity index (χ0) is 20.0. The minimum atomic E-state index is -0.897. The summed E-state index contributed by atoms with van der Waals surface area (Å²) in [5, 5.41) is 13.2. The van der Waals surface area contributed by atoms with E-state index >= 15 is 0 Å². The van der Waals surface area contributed by atoms with Gasteiger partial charge in [-0.05, 0) is 13.0 Å². The molecule has 0 radical (unpaired) electrons. The minimum absolute atomic E-state index is 0.0671. The number of nitro groups is 1. The predicted octanol–water partition coefficient (Wildman–Crippen LogP) is 0.843. The van der Waals surface area contributed by atoms with Crippen LogP contribution in [0.3, 0.4) is 0 Å². The van der Waals surface area contributed by atoms with Crippen molar-refractivity contribution in [2.24, 2.45) is 0 Å². The Bertz CT molecular complexity index is 744. The molecule has 146 valence electrons. The Morgan fingerprint density at radius 3 is 2.37 bits per heavy atom. The Hall–Kier alpha value is -3.37. The Labute approximate surface area is 155 Å². The number of nitrogens with one attached hydrogen (secondary N) is 1. The molecule has 11 nitrogen and oxygen atoms in total. The van der Waals surface area contributed by atoms with Gasteiger partial charge in [0.1, 0.15) is 5.75 Å². The highest BCUT2D eigenvalue weighted by Gasteiger charge is 2.29. The van der Waals surface area contributed by atoms with E-state index in [2.05, 4.69) is 5.32 Å². The Balaban J connectivity index is 1.98. The molecule has 3 amide bonds. The summed E-state index contributed by atoms with van der Waals surface area (Å²) in [6, 6.07) is 3.64. The first kappa shape index (κ1) is 19.9. The predicted molar refractivity (Wildman–Crippen MR) is 93.5 cm³/mol. The first-order valence-electron chi connectivity index (χ1n) is 8.21. The van der Waals surface area contributed by atoms with Gasteiger partial charge in [-0.2, -0.15) is 0 Å². The van der Waals surface area contributed by atoms with Gasteiger partial charge in [0.25, 0.3) is 5.69 Å². The fourth-order valence-electron chi connectivity index (χ4n) is 2.52. The smallest absolute Gasteiger partial charge is 0.409 e. The van der Waals surface area contributed by atoms with E-state index in [1.807, 2.05) is 0 Å². The topological polar surface area (TPSA) is 131 Å². The van der Waals surface area contributed by atoms with E-state index in [1.165, 1.54) is 29.0 Å². The molecule has 1 aliphatic heterocycles. The molecule has 1 heterocycles. The number of hydrogen-bond donors (Lipinski definition) is 1. The number of rotatable bonds is 4. The van der Waals surface area contributed by atoms with Crippen molar-refractivity contribution in [2.75, 3.05) is 45.2 Å². The Morgan fingerprint density at radius 1 is 1.19 bits per heavy atom. The molecule has 0 bridgehead atoms. The summed E-state index contributed by atoms with van der Waals surface area (Å²) in [4.78, 5) is 49.2. The van der Waals surface area contributed by atoms with Gasteiger partial charge in [0, 0.05) is 32.2 Å². The van der Waals surface area contributed by atoms with Gasteiger partial charge in [0.2, 0.25) is 0 Å². The third kappa shape index (κ3) is 4.84. The third-order valence-electron chi connectivity index (χ3n) is 3.93. The number of methoxy groups -OCH3 is 1. The van der Waals surface area contributed by atoms with Gasteiger partial charge in [-0.3, -0.25) is 19.7 Å². The van der Waals surface area contributed by atoms with Gasteiger partial charge in [-0.15, -0.1) is 0 Å². The fourth-order valence-corrected chi connectivity index (χ4v) is 2.52.